The number of hydrogen-bond donors (Lipinski definition) is 7. The lowest BCUT2D eigenvalue weighted by Crippen LogP contribution is -2.60. The average molecular weight is 418 g/mol. The highest BCUT2D eigenvalue weighted by molar-refractivity contribution is 5.94. The lowest BCUT2D eigenvalue weighted by Gasteiger charge is -2.26. The number of carboxylic acids is 2. The van der Waals surface area contributed by atoms with E-state index in [1.807, 2.05) is 5.32 Å². The van der Waals surface area contributed by atoms with Crippen molar-refractivity contribution in [3.63, 3.8) is 0 Å². The molecule has 5 atom stereocenters. The van der Waals surface area contributed by atoms with Crippen LogP contribution < -0.4 is 21.7 Å². The zero-order valence-corrected chi connectivity index (χ0v) is 16.8. The normalized spacial score (nSPS) is 16.1. The highest BCUT2D eigenvalue weighted by atomic mass is 16.4. The van der Waals surface area contributed by atoms with E-state index in [4.69, 9.17) is 15.9 Å². The molecule has 3 amide bonds. The molecule has 0 aliphatic rings. The molecular weight excluding hydrogens is 388 g/mol. The van der Waals surface area contributed by atoms with Crippen LogP contribution in [0.2, 0.25) is 0 Å². The van der Waals surface area contributed by atoms with E-state index < -0.39 is 66.4 Å². The van der Waals surface area contributed by atoms with Gasteiger partial charge in [0.1, 0.15) is 18.1 Å². The van der Waals surface area contributed by atoms with E-state index in [2.05, 4.69) is 10.6 Å². The number of nitrogens with two attached hydrogens (primary N) is 1. The van der Waals surface area contributed by atoms with Crippen LogP contribution in [-0.4, -0.2) is 75.3 Å². The summed E-state index contributed by atoms with van der Waals surface area (Å²) in [6.45, 7) is 6.23. The van der Waals surface area contributed by atoms with Crippen LogP contribution in [0, 0.1) is 5.92 Å². The number of aliphatic carboxylic acids is 2. The lowest BCUT2D eigenvalue weighted by atomic mass is 10.0. The number of hydrogen-bond acceptors (Lipinski definition) is 7. The molecule has 0 aliphatic heterocycles. The van der Waals surface area contributed by atoms with Crippen LogP contribution in [0.15, 0.2) is 0 Å². The Hall–Kier alpha value is -2.73. The van der Waals surface area contributed by atoms with Crippen LogP contribution in [0.4, 0.5) is 0 Å². The van der Waals surface area contributed by atoms with Gasteiger partial charge in [0.05, 0.1) is 18.6 Å². The van der Waals surface area contributed by atoms with Crippen molar-refractivity contribution >= 4 is 29.7 Å². The first kappa shape index (κ1) is 26.3. The predicted molar refractivity (Wildman–Crippen MR) is 100 cm³/mol. The first-order valence-electron chi connectivity index (χ1n) is 9.05. The summed E-state index contributed by atoms with van der Waals surface area (Å²) in [6.07, 6.45) is -2.10. The van der Waals surface area contributed by atoms with E-state index in [-0.39, 0.29) is 12.3 Å². The summed E-state index contributed by atoms with van der Waals surface area (Å²) in [5.41, 5.74) is 5.48. The molecular formula is C17H30N4O8. The molecule has 0 aliphatic carbocycles. The molecule has 0 aromatic carbocycles. The molecule has 0 rings (SSSR count). The van der Waals surface area contributed by atoms with Gasteiger partial charge in [-0.2, -0.15) is 0 Å². The third-order valence-corrected chi connectivity index (χ3v) is 3.81. The Bertz CT molecular complexity index is 621. The van der Waals surface area contributed by atoms with Gasteiger partial charge in [0.25, 0.3) is 0 Å². The second kappa shape index (κ2) is 12.0. The van der Waals surface area contributed by atoms with Crippen LogP contribution in [0.3, 0.4) is 0 Å². The first-order valence-corrected chi connectivity index (χ1v) is 9.05. The molecule has 0 radical (unpaired) electrons. The minimum absolute atomic E-state index is 0.00934. The number of rotatable bonds is 12. The maximum Gasteiger partial charge on any atom is 0.326 e. The third kappa shape index (κ3) is 9.85. The highest BCUT2D eigenvalue weighted by Crippen LogP contribution is 2.07. The van der Waals surface area contributed by atoms with Crippen molar-refractivity contribution in [1.29, 1.82) is 0 Å². The van der Waals surface area contributed by atoms with Gasteiger partial charge in [0, 0.05) is 0 Å². The average Bonchev–Trinajstić information content (AvgIpc) is 2.56. The molecule has 0 aromatic rings. The molecule has 5 unspecified atom stereocenters. The minimum atomic E-state index is -1.75. The molecule has 0 saturated heterocycles. The smallest absolute Gasteiger partial charge is 0.326 e. The van der Waals surface area contributed by atoms with Crippen LogP contribution in [0.25, 0.3) is 0 Å². The first-order chi connectivity index (χ1) is 13.3. The van der Waals surface area contributed by atoms with Gasteiger partial charge in [-0.15, -0.1) is 0 Å². The fourth-order valence-electron chi connectivity index (χ4n) is 2.30. The van der Waals surface area contributed by atoms with E-state index in [0.717, 1.165) is 0 Å². The fraction of sp³-hybridized carbons (Fsp3) is 0.706. The fourth-order valence-corrected chi connectivity index (χ4v) is 2.30. The topological polar surface area (TPSA) is 208 Å². The van der Waals surface area contributed by atoms with Crippen molar-refractivity contribution in [2.24, 2.45) is 11.7 Å². The zero-order valence-electron chi connectivity index (χ0n) is 16.8. The minimum Gasteiger partial charge on any atom is -0.481 e. The number of carbonyl (C=O) groups is 5. The number of aliphatic hydroxyl groups is 1. The Morgan fingerprint density at radius 3 is 1.72 bits per heavy atom. The summed E-state index contributed by atoms with van der Waals surface area (Å²) in [6, 6.07) is -5.24. The Kier molecular flexibility index (Phi) is 10.8. The summed E-state index contributed by atoms with van der Waals surface area (Å²) < 4.78 is 0. The summed E-state index contributed by atoms with van der Waals surface area (Å²) in [5, 5.41) is 34.3. The van der Waals surface area contributed by atoms with Gasteiger partial charge in [0.2, 0.25) is 17.7 Å². The molecule has 29 heavy (non-hydrogen) atoms. The maximum atomic E-state index is 12.6. The summed E-state index contributed by atoms with van der Waals surface area (Å²) in [5.74, 6) is -5.49. The molecule has 0 saturated carbocycles. The quantitative estimate of drug-likeness (QED) is 0.183. The second-order valence-corrected chi connectivity index (χ2v) is 7.20. The van der Waals surface area contributed by atoms with Gasteiger partial charge in [-0.3, -0.25) is 19.2 Å². The number of aliphatic hydroxyl groups excluding tert-OH is 1. The highest BCUT2D eigenvalue weighted by Gasteiger charge is 2.33. The van der Waals surface area contributed by atoms with Crippen molar-refractivity contribution < 1.29 is 39.3 Å². The third-order valence-electron chi connectivity index (χ3n) is 3.81. The Balaban J connectivity index is 5.37. The molecule has 0 heterocycles. The predicted octanol–water partition coefficient (Wildman–Crippen LogP) is -2.23. The van der Waals surface area contributed by atoms with Crippen molar-refractivity contribution in [3.8, 4) is 0 Å². The Morgan fingerprint density at radius 2 is 1.34 bits per heavy atom. The van der Waals surface area contributed by atoms with Crippen molar-refractivity contribution in [2.45, 2.75) is 70.8 Å². The summed E-state index contributed by atoms with van der Waals surface area (Å²) in [7, 11) is 0. The van der Waals surface area contributed by atoms with Gasteiger partial charge < -0.3 is 37.0 Å². The molecule has 0 fully saturated rings. The Labute approximate surface area is 168 Å². The van der Waals surface area contributed by atoms with Crippen molar-refractivity contribution in [3.05, 3.63) is 0 Å². The molecule has 12 heteroatoms. The van der Waals surface area contributed by atoms with Crippen LogP contribution in [0.5, 0.6) is 0 Å². The lowest BCUT2D eigenvalue weighted by molar-refractivity contribution is -0.148. The van der Waals surface area contributed by atoms with Gasteiger partial charge in [-0.05, 0) is 26.2 Å². The van der Waals surface area contributed by atoms with Crippen molar-refractivity contribution in [2.75, 3.05) is 0 Å². The molecule has 166 valence electrons. The largest absolute Gasteiger partial charge is 0.481 e. The van der Waals surface area contributed by atoms with E-state index in [1.165, 1.54) is 13.8 Å². The zero-order chi connectivity index (χ0) is 22.9. The van der Waals surface area contributed by atoms with Crippen LogP contribution in [-0.2, 0) is 24.0 Å². The molecule has 0 bridgehead atoms. The van der Waals surface area contributed by atoms with Crippen molar-refractivity contribution in [1.82, 2.24) is 16.0 Å². The number of carboxylic acid groups (broad SMARTS) is 2. The molecule has 0 aromatic heterocycles. The summed E-state index contributed by atoms with van der Waals surface area (Å²) >= 11 is 0. The number of amides is 3. The second-order valence-electron chi connectivity index (χ2n) is 7.20. The van der Waals surface area contributed by atoms with Gasteiger partial charge in [-0.25, -0.2) is 4.79 Å². The standard InChI is InChI=1S/C17H30N4O8/c1-7(2)5-10(19-14(25)8(3)18)15(26)21-13(9(4)22)16(27)20-11(17(28)29)6-12(23)24/h7-11,13,22H,5-6,18H2,1-4H3,(H,19,25)(H,20,27)(H,21,26)(H,23,24)(H,28,29). The van der Waals surface area contributed by atoms with Gasteiger partial charge in [0.15, 0.2) is 0 Å². The van der Waals surface area contributed by atoms with E-state index >= 15 is 0 Å². The number of nitrogens with one attached hydrogen (secondary N) is 3. The van der Waals surface area contributed by atoms with Gasteiger partial charge in [-0.1, -0.05) is 13.8 Å². The number of carbonyl (C=O) groups excluding carboxylic acids is 3. The Morgan fingerprint density at radius 1 is 0.828 bits per heavy atom. The van der Waals surface area contributed by atoms with E-state index in [1.54, 1.807) is 13.8 Å². The van der Waals surface area contributed by atoms with Crippen LogP contribution >= 0.6 is 0 Å². The SMILES string of the molecule is CC(C)CC(NC(=O)C(C)N)C(=O)NC(C(=O)NC(CC(=O)O)C(=O)O)C(C)O. The molecule has 12 nitrogen and oxygen atoms in total. The molecule has 0 spiro atoms. The summed E-state index contributed by atoms with van der Waals surface area (Å²) in [4.78, 5) is 58.6. The van der Waals surface area contributed by atoms with E-state index in [0.29, 0.717) is 0 Å². The van der Waals surface area contributed by atoms with Crippen LogP contribution in [0.1, 0.15) is 40.5 Å². The molecule has 8 N–H and O–H groups in total. The van der Waals surface area contributed by atoms with Gasteiger partial charge >= 0.3 is 11.9 Å². The van der Waals surface area contributed by atoms with E-state index in [9.17, 15) is 29.1 Å². The monoisotopic (exact) mass is 418 g/mol. The maximum absolute atomic E-state index is 12.6.